The van der Waals surface area contributed by atoms with Crippen LogP contribution in [0.4, 0.5) is 11.4 Å². The average molecular weight is 406 g/mol. The zero-order valence-electron chi connectivity index (χ0n) is 15.9. The molecule has 3 rings (SSSR count). The number of aromatic hydroxyl groups is 1. The van der Waals surface area contributed by atoms with E-state index >= 15 is 0 Å². The van der Waals surface area contributed by atoms with E-state index in [2.05, 4.69) is 10.6 Å². The van der Waals surface area contributed by atoms with Gasteiger partial charge in [-0.1, -0.05) is 24.3 Å². The number of amides is 2. The molecular formula is C22H18N2O6. The molecule has 0 atom stereocenters. The third-order valence-electron chi connectivity index (χ3n) is 4.26. The summed E-state index contributed by atoms with van der Waals surface area (Å²) in [7, 11) is 1.44. The van der Waals surface area contributed by atoms with E-state index < -0.39 is 17.8 Å². The molecule has 0 bridgehead atoms. The van der Waals surface area contributed by atoms with Gasteiger partial charge >= 0.3 is 5.97 Å². The Morgan fingerprint density at radius 3 is 2.10 bits per heavy atom. The van der Waals surface area contributed by atoms with Gasteiger partial charge in [-0.3, -0.25) is 9.59 Å². The Hall–Kier alpha value is -4.33. The number of para-hydroxylation sites is 2. The molecule has 3 aromatic rings. The number of hydrogen-bond donors (Lipinski definition) is 4. The molecule has 0 aliphatic carbocycles. The molecule has 8 heteroatoms. The first-order chi connectivity index (χ1) is 14.4. The molecule has 0 unspecified atom stereocenters. The van der Waals surface area contributed by atoms with E-state index in [1.807, 2.05) is 0 Å². The molecule has 4 N–H and O–H groups in total. The minimum Gasteiger partial charge on any atom is -0.507 e. The fourth-order valence-electron chi connectivity index (χ4n) is 2.80. The lowest BCUT2D eigenvalue weighted by molar-refractivity contribution is 0.0698. The molecule has 0 saturated heterocycles. The van der Waals surface area contributed by atoms with Crippen LogP contribution in [0.1, 0.15) is 31.1 Å². The Bertz CT molecular complexity index is 1130. The van der Waals surface area contributed by atoms with E-state index in [1.54, 1.807) is 36.4 Å². The van der Waals surface area contributed by atoms with Crippen molar-refractivity contribution in [2.45, 2.75) is 0 Å². The molecule has 152 valence electrons. The maximum atomic E-state index is 12.6. The number of ether oxygens (including phenoxy) is 1. The number of carbonyl (C=O) groups is 3. The standard InChI is InChI=1S/C22H18N2O6/c1-30-19-9-5-3-7-16(19)21(27)23-13-10-11-14(22(28)29)17(12-13)24-20(26)15-6-2-4-8-18(15)25/h2-12,25H,1H3,(H,23,27)(H,24,26)(H,28,29). The van der Waals surface area contributed by atoms with Gasteiger partial charge in [-0.25, -0.2) is 4.79 Å². The number of aromatic carboxylic acids is 1. The fourth-order valence-corrected chi connectivity index (χ4v) is 2.80. The molecular weight excluding hydrogens is 388 g/mol. The highest BCUT2D eigenvalue weighted by molar-refractivity contribution is 6.10. The summed E-state index contributed by atoms with van der Waals surface area (Å²) in [5.74, 6) is -2.28. The van der Waals surface area contributed by atoms with E-state index in [0.29, 0.717) is 11.3 Å². The Labute approximate surface area is 171 Å². The second kappa shape index (κ2) is 8.78. The number of carboxylic acids is 1. The maximum absolute atomic E-state index is 12.6. The number of phenols is 1. The molecule has 2 amide bonds. The van der Waals surface area contributed by atoms with Crippen molar-refractivity contribution in [3.8, 4) is 11.5 Å². The summed E-state index contributed by atoms with van der Waals surface area (Å²) in [4.78, 5) is 36.6. The van der Waals surface area contributed by atoms with Gasteiger partial charge in [0.1, 0.15) is 11.5 Å². The highest BCUT2D eigenvalue weighted by atomic mass is 16.5. The van der Waals surface area contributed by atoms with Gasteiger partial charge in [-0.15, -0.1) is 0 Å². The van der Waals surface area contributed by atoms with Crippen LogP contribution in [0.3, 0.4) is 0 Å². The molecule has 0 aliphatic rings. The average Bonchev–Trinajstić information content (AvgIpc) is 2.73. The smallest absolute Gasteiger partial charge is 0.337 e. The van der Waals surface area contributed by atoms with Gasteiger partial charge in [0.2, 0.25) is 0 Å². The maximum Gasteiger partial charge on any atom is 0.337 e. The van der Waals surface area contributed by atoms with Crippen molar-refractivity contribution < 1.29 is 29.3 Å². The van der Waals surface area contributed by atoms with Gasteiger partial charge < -0.3 is 25.6 Å². The van der Waals surface area contributed by atoms with Crippen molar-refractivity contribution in [1.82, 2.24) is 0 Å². The van der Waals surface area contributed by atoms with Crippen molar-refractivity contribution >= 4 is 29.2 Å². The molecule has 8 nitrogen and oxygen atoms in total. The number of benzene rings is 3. The molecule has 0 heterocycles. The molecule has 0 spiro atoms. The van der Waals surface area contributed by atoms with Crippen molar-refractivity contribution in [2.24, 2.45) is 0 Å². The van der Waals surface area contributed by atoms with Gasteiger partial charge in [0, 0.05) is 5.69 Å². The second-order valence-electron chi connectivity index (χ2n) is 6.19. The number of hydrogen-bond acceptors (Lipinski definition) is 5. The Morgan fingerprint density at radius 2 is 1.43 bits per heavy atom. The summed E-state index contributed by atoms with van der Waals surface area (Å²) < 4.78 is 5.17. The Morgan fingerprint density at radius 1 is 0.800 bits per heavy atom. The fraction of sp³-hybridized carbons (Fsp3) is 0.0455. The van der Waals surface area contributed by atoms with Gasteiger partial charge in [0.05, 0.1) is 29.5 Å². The summed E-state index contributed by atoms with van der Waals surface area (Å²) in [5.41, 5.74) is 0.338. The number of carbonyl (C=O) groups excluding carboxylic acids is 2. The van der Waals surface area contributed by atoms with Crippen LogP contribution in [0.2, 0.25) is 0 Å². The van der Waals surface area contributed by atoms with Gasteiger partial charge in [0.25, 0.3) is 11.8 Å². The number of carboxylic acid groups (broad SMARTS) is 1. The topological polar surface area (TPSA) is 125 Å². The van der Waals surface area contributed by atoms with E-state index in [4.69, 9.17) is 4.74 Å². The lowest BCUT2D eigenvalue weighted by atomic mass is 10.1. The van der Waals surface area contributed by atoms with Gasteiger partial charge in [-0.2, -0.15) is 0 Å². The van der Waals surface area contributed by atoms with Crippen molar-refractivity contribution in [3.05, 3.63) is 83.4 Å². The summed E-state index contributed by atoms with van der Waals surface area (Å²) in [6.07, 6.45) is 0. The second-order valence-corrected chi connectivity index (χ2v) is 6.19. The van der Waals surface area contributed by atoms with Crippen LogP contribution in [0.25, 0.3) is 0 Å². The SMILES string of the molecule is COc1ccccc1C(=O)Nc1ccc(C(=O)O)c(NC(=O)c2ccccc2O)c1. The first-order valence-electron chi connectivity index (χ1n) is 8.81. The number of methoxy groups -OCH3 is 1. The number of phenolic OH excluding ortho intramolecular Hbond substituents is 1. The van der Waals surface area contributed by atoms with Crippen LogP contribution >= 0.6 is 0 Å². The van der Waals surface area contributed by atoms with Crippen LogP contribution < -0.4 is 15.4 Å². The van der Waals surface area contributed by atoms with Crippen molar-refractivity contribution in [2.75, 3.05) is 17.7 Å². The molecule has 0 aliphatic heterocycles. The Balaban J connectivity index is 1.89. The lowest BCUT2D eigenvalue weighted by Crippen LogP contribution is -2.17. The van der Waals surface area contributed by atoms with Crippen LogP contribution in [-0.4, -0.2) is 35.1 Å². The third kappa shape index (κ3) is 4.39. The largest absolute Gasteiger partial charge is 0.507 e. The summed E-state index contributed by atoms with van der Waals surface area (Å²) in [6, 6.07) is 16.5. The summed E-state index contributed by atoms with van der Waals surface area (Å²) in [5, 5.41) is 24.4. The Kier molecular flexibility index (Phi) is 5.97. The van der Waals surface area contributed by atoms with Crippen LogP contribution in [0.5, 0.6) is 11.5 Å². The molecule has 3 aromatic carbocycles. The van der Waals surface area contributed by atoms with E-state index in [1.165, 1.54) is 37.4 Å². The number of nitrogens with one attached hydrogen (secondary N) is 2. The van der Waals surface area contributed by atoms with Crippen LogP contribution in [-0.2, 0) is 0 Å². The molecule has 30 heavy (non-hydrogen) atoms. The van der Waals surface area contributed by atoms with Crippen LogP contribution in [0, 0.1) is 0 Å². The van der Waals surface area contributed by atoms with E-state index in [-0.39, 0.29) is 28.3 Å². The summed E-state index contributed by atoms with van der Waals surface area (Å²) in [6.45, 7) is 0. The molecule has 0 radical (unpaired) electrons. The summed E-state index contributed by atoms with van der Waals surface area (Å²) >= 11 is 0. The number of anilines is 2. The highest BCUT2D eigenvalue weighted by Gasteiger charge is 2.18. The molecule has 0 saturated carbocycles. The first-order valence-corrected chi connectivity index (χ1v) is 8.81. The van der Waals surface area contributed by atoms with E-state index in [0.717, 1.165) is 0 Å². The quantitative estimate of drug-likeness (QED) is 0.496. The van der Waals surface area contributed by atoms with E-state index in [9.17, 15) is 24.6 Å². The minimum absolute atomic E-state index is 0.0164. The third-order valence-corrected chi connectivity index (χ3v) is 4.26. The number of rotatable bonds is 6. The zero-order valence-corrected chi connectivity index (χ0v) is 15.9. The van der Waals surface area contributed by atoms with Gasteiger partial charge in [-0.05, 0) is 42.5 Å². The monoisotopic (exact) mass is 406 g/mol. The minimum atomic E-state index is -1.26. The normalized spacial score (nSPS) is 10.2. The van der Waals surface area contributed by atoms with Crippen LogP contribution in [0.15, 0.2) is 66.7 Å². The molecule has 0 aromatic heterocycles. The molecule has 0 fully saturated rings. The first kappa shape index (κ1) is 20.4. The predicted molar refractivity (Wildman–Crippen MR) is 110 cm³/mol. The van der Waals surface area contributed by atoms with Crippen molar-refractivity contribution in [1.29, 1.82) is 0 Å². The zero-order chi connectivity index (χ0) is 21.7. The lowest BCUT2D eigenvalue weighted by Gasteiger charge is -2.13. The van der Waals surface area contributed by atoms with Gasteiger partial charge in [0.15, 0.2) is 0 Å². The highest BCUT2D eigenvalue weighted by Crippen LogP contribution is 2.25. The van der Waals surface area contributed by atoms with Crippen molar-refractivity contribution in [3.63, 3.8) is 0 Å². The predicted octanol–water partition coefficient (Wildman–Crippen LogP) is 3.60.